The summed E-state index contributed by atoms with van der Waals surface area (Å²) in [5.41, 5.74) is 0.726. The van der Waals surface area contributed by atoms with Crippen molar-refractivity contribution < 1.29 is 19.1 Å². The Labute approximate surface area is 155 Å². The van der Waals surface area contributed by atoms with Crippen molar-refractivity contribution in [3.05, 3.63) is 24.3 Å². The van der Waals surface area contributed by atoms with E-state index < -0.39 is 5.92 Å². The second-order valence-corrected chi connectivity index (χ2v) is 6.90. The summed E-state index contributed by atoms with van der Waals surface area (Å²) in [5, 5.41) is 0. The maximum Gasteiger partial charge on any atom is 0.311 e. The van der Waals surface area contributed by atoms with E-state index in [1.54, 1.807) is 4.90 Å². The molecule has 2 saturated heterocycles. The number of likely N-dealkylation sites (tertiary alicyclic amines) is 1. The monoisotopic (exact) mass is 360 g/mol. The predicted octanol–water partition coefficient (Wildman–Crippen LogP) is 2.47. The Bertz CT molecular complexity index is 648. The van der Waals surface area contributed by atoms with E-state index in [4.69, 9.17) is 9.47 Å². The van der Waals surface area contributed by atoms with Gasteiger partial charge in [-0.3, -0.25) is 14.5 Å². The molecule has 0 aliphatic carbocycles. The Morgan fingerprint density at radius 1 is 1.23 bits per heavy atom. The number of hydrogen-bond donors (Lipinski definition) is 0. The van der Waals surface area contributed by atoms with Crippen LogP contribution in [-0.2, 0) is 14.3 Å². The molecule has 142 valence electrons. The molecule has 6 nitrogen and oxygen atoms in total. The lowest BCUT2D eigenvalue weighted by atomic mass is 10.1. The molecule has 0 aromatic heterocycles. The SMILES string of the molecule is CCOc1ccccc1N1CC(C(=O)OC2CCCN(CC)C2)CC1=O. The maximum atomic E-state index is 12.6. The molecule has 3 rings (SSSR count). The van der Waals surface area contributed by atoms with Gasteiger partial charge in [-0.15, -0.1) is 0 Å². The molecule has 0 N–H and O–H groups in total. The number of para-hydroxylation sites is 2. The zero-order valence-electron chi connectivity index (χ0n) is 15.6. The molecule has 6 heteroatoms. The van der Waals surface area contributed by atoms with E-state index in [1.165, 1.54) is 0 Å². The molecule has 0 saturated carbocycles. The van der Waals surface area contributed by atoms with Crippen LogP contribution in [0.4, 0.5) is 5.69 Å². The number of benzene rings is 1. The number of ether oxygens (including phenoxy) is 2. The molecule has 26 heavy (non-hydrogen) atoms. The fourth-order valence-corrected chi connectivity index (χ4v) is 3.71. The van der Waals surface area contributed by atoms with Gasteiger partial charge in [-0.25, -0.2) is 0 Å². The molecule has 2 aliphatic heterocycles. The van der Waals surface area contributed by atoms with Crippen LogP contribution in [0.25, 0.3) is 0 Å². The third-order valence-corrected chi connectivity index (χ3v) is 5.11. The highest BCUT2D eigenvalue weighted by molar-refractivity contribution is 6.00. The van der Waals surface area contributed by atoms with Gasteiger partial charge in [0.25, 0.3) is 0 Å². The molecule has 2 heterocycles. The highest BCUT2D eigenvalue weighted by Gasteiger charge is 2.38. The summed E-state index contributed by atoms with van der Waals surface area (Å²) >= 11 is 0. The number of hydrogen-bond acceptors (Lipinski definition) is 5. The van der Waals surface area contributed by atoms with E-state index in [2.05, 4.69) is 11.8 Å². The summed E-state index contributed by atoms with van der Waals surface area (Å²) in [7, 11) is 0. The molecule has 0 spiro atoms. The summed E-state index contributed by atoms with van der Waals surface area (Å²) < 4.78 is 11.4. The first-order chi connectivity index (χ1) is 12.6. The molecule has 1 aromatic carbocycles. The molecule has 2 fully saturated rings. The van der Waals surface area contributed by atoms with Crippen LogP contribution in [0.1, 0.15) is 33.1 Å². The smallest absolute Gasteiger partial charge is 0.311 e. The zero-order chi connectivity index (χ0) is 18.5. The first-order valence-corrected chi connectivity index (χ1v) is 9.57. The highest BCUT2D eigenvalue weighted by atomic mass is 16.5. The van der Waals surface area contributed by atoms with Crippen LogP contribution >= 0.6 is 0 Å². The molecular formula is C20H28N2O4. The Morgan fingerprint density at radius 2 is 2.04 bits per heavy atom. The number of carbonyl (C=O) groups excluding carboxylic acids is 2. The van der Waals surface area contributed by atoms with E-state index in [0.717, 1.165) is 38.2 Å². The lowest BCUT2D eigenvalue weighted by Gasteiger charge is -2.31. The Hall–Kier alpha value is -2.08. The van der Waals surface area contributed by atoms with Crippen LogP contribution in [-0.4, -0.2) is 55.7 Å². The maximum absolute atomic E-state index is 12.6. The van der Waals surface area contributed by atoms with Gasteiger partial charge in [0, 0.05) is 19.5 Å². The molecule has 0 radical (unpaired) electrons. The minimum Gasteiger partial charge on any atom is -0.492 e. The van der Waals surface area contributed by atoms with Crippen LogP contribution in [0, 0.1) is 5.92 Å². The third-order valence-electron chi connectivity index (χ3n) is 5.11. The largest absolute Gasteiger partial charge is 0.492 e. The average Bonchev–Trinajstić information content (AvgIpc) is 3.04. The summed E-state index contributed by atoms with van der Waals surface area (Å²) in [6.07, 6.45) is 2.09. The van der Waals surface area contributed by atoms with Gasteiger partial charge in [0.15, 0.2) is 0 Å². The summed E-state index contributed by atoms with van der Waals surface area (Å²) in [5.74, 6) is -0.0481. The van der Waals surface area contributed by atoms with Crippen molar-refractivity contribution in [1.29, 1.82) is 0 Å². The van der Waals surface area contributed by atoms with Crippen LogP contribution in [0.15, 0.2) is 24.3 Å². The molecule has 2 unspecified atom stereocenters. The summed E-state index contributed by atoms with van der Waals surface area (Å²) in [6.45, 7) is 7.73. The van der Waals surface area contributed by atoms with Crippen LogP contribution in [0.5, 0.6) is 5.75 Å². The minimum atomic E-state index is -0.408. The first-order valence-electron chi connectivity index (χ1n) is 9.57. The number of anilines is 1. The molecule has 2 aliphatic rings. The van der Waals surface area contributed by atoms with E-state index in [0.29, 0.717) is 18.9 Å². The van der Waals surface area contributed by atoms with Gasteiger partial charge in [-0.1, -0.05) is 19.1 Å². The number of rotatable bonds is 6. The standard InChI is InChI=1S/C20H28N2O4/c1-3-21-11-7-8-16(14-21)26-20(24)15-12-19(23)22(13-15)17-9-5-6-10-18(17)25-4-2/h5-6,9-10,15-16H,3-4,7-8,11-14H2,1-2H3. The number of piperidine rings is 1. The van der Waals surface area contributed by atoms with Crippen molar-refractivity contribution >= 4 is 17.6 Å². The number of amides is 1. The van der Waals surface area contributed by atoms with Gasteiger partial charge in [-0.2, -0.15) is 0 Å². The fraction of sp³-hybridized carbons (Fsp3) is 0.600. The average molecular weight is 360 g/mol. The van der Waals surface area contributed by atoms with Crippen molar-refractivity contribution in [3.8, 4) is 5.75 Å². The normalized spacial score (nSPS) is 23.9. The lowest BCUT2D eigenvalue weighted by Crippen LogP contribution is -2.41. The Kier molecular flexibility index (Phi) is 6.14. The highest BCUT2D eigenvalue weighted by Crippen LogP contribution is 2.33. The molecular weight excluding hydrogens is 332 g/mol. The van der Waals surface area contributed by atoms with E-state index in [9.17, 15) is 9.59 Å². The van der Waals surface area contributed by atoms with E-state index in [-0.39, 0.29) is 24.4 Å². The predicted molar refractivity (Wildman–Crippen MR) is 99.3 cm³/mol. The second-order valence-electron chi connectivity index (χ2n) is 6.90. The Morgan fingerprint density at radius 3 is 2.81 bits per heavy atom. The summed E-state index contributed by atoms with van der Waals surface area (Å²) in [6, 6.07) is 7.46. The Balaban J connectivity index is 1.63. The van der Waals surface area contributed by atoms with Crippen LogP contribution < -0.4 is 9.64 Å². The van der Waals surface area contributed by atoms with Gasteiger partial charge in [0.1, 0.15) is 11.9 Å². The van der Waals surface area contributed by atoms with E-state index >= 15 is 0 Å². The quantitative estimate of drug-likeness (QED) is 0.730. The first kappa shape index (κ1) is 18.7. The van der Waals surface area contributed by atoms with Gasteiger partial charge >= 0.3 is 5.97 Å². The van der Waals surface area contributed by atoms with Crippen molar-refractivity contribution in [1.82, 2.24) is 4.90 Å². The minimum absolute atomic E-state index is 0.0575. The van der Waals surface area contributed by atoms with Crippen molar-refractivity contribution in [2.24, 2.45) is 5.92 Å². The molecule has 1 amide bonds. The molecule has 1 aromatic rings. The van der Waals surface area contributed by atoms with Crippen LogP contribution in [0.2, 0.25) is 0 Å². The molecule has 2 atom stereocenters. The lowest BCUT2D eigenvalue weighted by molar-refractivity contribution is -0.156. The van der Waals surface area contributed by atoms with Gasteiger partial charge in [0.2, 0.25) is 5.91 Å². The number of nitrogens with zero attached hydrogens (tertiary/aromatic N) is 2. The van der Waals surface area contributed by atoms with Crippen LogP contribution in [0.3, 0.4) is 0 Å². The fourth-order valence-electron chi connectivity index (χ4n) is 3.71. The second kappa shape index (κ2) is 8.54. The number of esters is 1. The van der Waals surface area contributed by atoms with Gasteiger partial charge in [-0.05, 0) is 45.0 Å². The topological polar surface area (TPSA) is 59.1 Å². The van der Waals surface area contributed by atoms with Gasteiger partial charge < -0.3 is 14.4 Å². The van der Waals surface area contributed by atoms with Gasteiger partial charge in [0.05, 0.1) is 18.2 Å². The van der Waals surface area contributed by atoms with Crippen molar-refractivity contribution in [2.75, 3.05) is 37.7 Å². The number of carbonyl (C=O) groups is 2. The van der Waals surface area contributed by atoms with E-state index in [1.807, 2.05) is 31.2 Å². The molecule has 0 bridgehead atoms. The number of likely N-dealkylation sites (N-methyl/N-ethyl adjacent to an activating group) is 1. The third kappa shape index (κ3) is 4.18. The van der Waals surface area contributed by atoms with Crippen molar-refractivity contribution in [3.63, 3.8) is 0 Å². The zero-order valence-corrected chi connectivity index (χ0v) is 15.6. The summed E-state index contributed by atoms with van der Waals surface area (Å²) in [4.78, 5) is 29.0. The van der Waals surface area contributed by atoms with Crippen molar-refractivity contribution in [2.45, 2.75) is 39.2 Å².